The average Bonchev–Trinajstić information content (AvgIpc) is 3.01. The van der Waals surface area contributed by atoms with E-state index in [9.17, 15) is 21.6 Å². The van der Waals surface area contributed by atoms with Crippen molar-refractivity contribution < 1.29 is 26.3 Å². The van der Waals surface area contributed by atoms with Gasteiger partial charge in [0.25, 0.3) is 0 Å². The van der Waals surface area contributed by atoms with Gasteiger partial charge in [0, 0.05) is 24.7 Å². The minimum absolute atomic E-state index is 0.0147. The second kappa shape index (κ2) is 9.06. The number of alkyl halides is 3. The van der Waals surface area contributed by atoms with Gasteiger partial charge in [0.2, 0.25) is 10.0 Å². The number of fused-ring (bicyclic) bond motifs is 1. The topological polar surface area (TPSA) is 94.5 Å². The minimum atomic E-state index is -4.13. The highest BCUT2D eigenvalue weighted by Gasteiger charge is 2.49. The van der Waals surface area contributed by atoms with Gasteiger partial charge < -0.3 is 4.74 Å². The number of hydrogen-bond donors (Lipinski definition) is 2. The van der Waals surface area contributed by atoms with Gasteiger partial charge in [-0.05, 0) is 50.9 Å². The van der Waals surface area contributed by atoms with Gasteiger partial charge in [-0.1, -0.05) is 0 Å². The van der Waals surface area contributed by atoms with Crippen LogP contribution in [0.1, 0.15) is 44.9 Å². The fraction of sp³-hybridized carbons (Fsp3) is 0.944. The molecule has 11 heteroatoms. The van der Waals surface area contributed by atoms with Crippen LogP contribution in [0.2, 0.25) is 0 Å². The van der Waals surface area contributed by atoms with Crippen LogP contribution in [0.5, 0.6) is 0 Å². The zero-order valence-corrected chi connectivity index (χ0v) is 17.3. The SMILES string of the molecule is CS(=O)(=O)NCC1NN(C2CCC(C(F)(F)F)CC2)C2CCC(OCC#N)CC12. The van der Waals surface area contributed by atoms with Crippen LogP contribution in [0.15, 0.2) is 0 Å². The van der Waals surface area contributed by atoms with Crippen LogP contribution in [-0.2, 0) is 14.8 Å². The van der Waals surface area contributed by atoms with Crippen LogP contribution in [0, 0.1) is 23.2 Å². The van der Waals surface area contributed by atoms with E-state index < -0.39 is 22.1 Å². The van der Waals surface area contributed by atoms with E-state index in [2.05, 4.69) is 15.2 Å². The summed E-state index contributed by atoms with van der Waals surface area (Å²) >= 11 is 0. The normalized spacial score (nSPS) is 36.5. The summed E-state index contributed by atoms with van der Waals surface area (Å²) < 4.78 is 70.2. The molecule has 1 saturated heterocycles. The maximum Gasteiger partial charge on any atom is 0.391 e. The standard InChI is InChI=1S/C18H29F3N4O3S/c1-29(26,27)23-11-16-15-10-14(28-9-8-22)6-7-17(15)25(24-16)13-4-2-12(3-5-13)18(19,20)21/h12-17,23-24H,2-7,9-11H2,1H3. The number of nitrogens with one attached hydrogen (secondary N) is 2. The second-order valence-corrected chi connectivity index (χ2v) is 10.3. The Balaban J connectivity index is 1.67. The molecular formula is C18H29F3N4O3S. The molecule has 3 rings (SSSR count). The highest BCUT2D eigenvalue weighted by atomic mass is 32.2. The summed E-state index contributed by atoms with van der Waals surface area (Å²) in [4.78, 5) is 0. The molecule has 0 aromatic heterocycles. The van der Waals surface area contributed by atoms with Gasteiger partial charge >= 0.3 is 6.18 Å². The van der Waals surface area contributed by atoms with Crippen LogP contribution in [0.3, 0.4) is 0 Å². The molecule has 0 aromatic rings. The summed E-state index contributed by atoms with van der Waals surface area (Å²) in [6.45, 7) is 0.242. The van der Waals surface area contributed by atoms with Gasteiger partial charge in [0.05, 0.1) is 24.3 Å². The lowest BCUT2D eigenvalue weighted by Gasteiger charge is -2.41. The van der Waals surface area contributed by atoms with Gasteiger partial charge in [-0.15, -0.1) is 0 Å². The summed E-state index contributed by atoms with van der Waals surface area (Å²) in [5.74, 6) is -1.11. The fourth-order valence-corrected chi connectivity index (χ4v) is 5.59. The molecule has 166 valence electrons. The zero-order chi connectivity index (χ0) is 21.2. The molecule has 7 nitrogen and oxygen atoms in total. The molecule has 3 fully saturated rings. The van der Waals surface area contributed by atoms with E-state index in [4.69, 9.17) is 10.00 Å². The number of sulfonamides is 1. The highest BCUT2D eigenvalue weighted by molar-refractivity contribution is 7.88. The molecule has 0 amide bonds. The Kier molecular flexibility index (Phi) is 7.10. The zero-order valence-electron chi connectivity index (χ0n) is 16.5. The smallest absolute Gasteiger partial charge is 0.363 e. The van der Waals surface area contributed by atoms with E-state index in [-0.39, 0.29) is 56.1 Å². The van der Waals surface area contributed by atoms with Crippen molar-refractivity contribution in [3.63, 3.8) is 0 Å². The van der Waals surface area contributed by atoms with Crippen molar-refractivity contribution in [2.45, 2.75) is 75.4 Å². The Morgan fingerprint density at radius 1 is 1.21 bits per heavy atom. The number of rotatable bonds is 6. The summed E-state index contributed by atoms with van der Waals surface area (Å²) in [7, 11) is -3.35. The molecule has 0 bridgehead atoms. The quantitative estimate of drug-likeness (QED) is 0.658. The maximum absolute atomic E-state index is 13.0. The highest BCUT2D eigenvalue weighted by Crippen LogP contribution is 2.43. The van der Waals surface area contributed by atoms with Crippen molar-refractivity contribution in [2.24, 2.45) is 11.8 Å². The lowest BCUT2D eigenvalue weighted by molar-refractivity contribution is -0.185. The Bertz CT molecular complexity index is 704. The monoisotopic (exact) mass is 438 g/mol. The largest absolute Gasteiger partial charge is 0.391 e. The van der Waals surface area contributed by atoms with Crippen molar-refractivity contribution in [3.05, 3.63) is 0 Å². The number of ether oxygens (including phenoxy) is 1. The number of hydrogen-bond acceptors (Lipinski definition) is 6. The third kappa shape index (κ3) is 5.82. The molecule has 1 heterocycles. The van der Waals surface area contributed by atoms with Crippen molar-refractivity contribution >= 4 is 10.0 Å². The summed E-state index contributed by atoms with van der Waals surface area (Å²) in [5, 5.41) is 10.9. The molecular weight excluding hydrogens is 409 g/mol. The van der Waals surface area contributed by atoms with E-state index in [0.717, 1.165) is 19.1 Å². The van der Waals surface area contributed by atoms with Crippen LogP contribution < -0.4 is 10.1 Å². The number of halogens is 3. The molecule has 29 heavy (non-hydrogen) atoms. The van der Waals surface area contributed by atoms with Gasteiger partial charge in [-0.3, -0.25) is 0 Å². The van der Waals surface area contributed by atoms with E-state index in [0.29, 0.717) is 19.3 Å². The first-order chi connectivity index (χ1) is 13.6. The molecule has 1 aliphatic heterocycles. The average molecular weight is 439 g/mol. The predicted octanol–water partition coefficient (Wildman–Crippen LogP) is 1.92. The lowest BCUT2D eigenvalue weighted by atomic mass is 9.78. The van der Waals surface area contributed by atoms with Crippen molar-refractivity contribution in [1.82, 2.24) is 15.2 Å². The Morgan fingerprint density at radius 3 is 2.48 bits per heavy atom. The molecule has 3 aliphatic rings. The molecule has 4 unspecified atom stereocenters. The third-order valence-corrected chi connectivity index (χ3v) is 7.20. The first kappa shape index (κ1) is 22.7. The van der Waals surface area contributed by atoms with E-state index >= 15 is 0 Å². The van der Waals surface area contributed by atoms with E-state index in [1.165, 1.54) is 0 Å². The molecule has 2 saturated carbocycles. The second-order valence-electron chi connectivity index (χ2n) is 8.45. The maximum atomic E-state index is 13.0. The third-order valence-electron chi connectivity index (χ3n) is 6.50. The molecule has 2 N–H and O–H groups in total. The molecule has 0 spiro atoms. The van der Waals surface area contributed by atoms with E-state index in [1.807, 2.05) is 6.07 Å². The Hall–Kier alpha value is -0.930. The first-order valence-electron chi connectivity index (χ1n) is 10.1. The Labute approximate surface area is 170 Å². The summed E-state index contributed by atoms with van der Waals surface area (Å²) in [5.41, 5.74) is 3.41. The van der Waals surface area contributed by atoms with Crippen LogP contribution in [0.4, 0.5) is 13.2 Å². The molecule has 4 atom stereocenters. The predicted molar refractivity (Wildman–Crippen MR) is 99.9 cm³/mol. The van der Waals surface area contributed by atoms with Gasteiger partial charge in [0.1, 0.15) is 6.61 Å². The van der Waals surface area contributed by atoms with Crippen LogP contribution in [-0.4, -0.2) is 63.2 Å². The number of nitrogens with zero attached hydrogens (tertiary/aromatic N) is 2. The van der Waals surface area contributed by atoms with Crippen molar-refractivity contribution in [1.29, 1.82) is 5.26 Å². The minimum Gasteiger partial charge on any atom is -0.363 e. The van der Waals surface area contributed by atoms with Crippen molar-refractivity contribution in [2.75, 3.05) is 19.4 Å². The fourth-order valence-electron chi connectivity index (χ4n) is 5.11. The number of hydrazine groups is 1. The summed E-state index contributed by atoms with van der Waals surface area (Å²) in [6, 6.07) is 1.98. The van der Waals surface area contributed by atoms with Gasteiger partial charge in [-0.25, -0.2) is 23.6 Å². The first-order valence-corrected chi connectivity index (χ1v) is 12.0. The molecule has 0 aromatic carbocycles. The molecule has 0 radical (unpaired) electrons. The number of nitriles is 1. The lowest BCUT2D eigenvalue weighted by Crippen LogP contribution is -2.50. The van der Waals surface area contributed by atoms with Crippen molar-refractivity contribution in [3.8, 4) is 6.07 Å². The summed E-state index contributed by atoms with van der Waals surface area (Å²) in [6.07, 6.45) is 0.409. The van der Waals surface area contributed by atoms with E-state index in [1.54, 1.807) is 0 Å². The van der Waals surface area contributed by atoms with Crippen LogP contribution in [0.25, 0.3) is 0 Å². The van der Waals surface area contributed by atoms with Crippen LogP contribution >= 0.6 is 0 Å². The Morgan fingerprint density at radius 2 is 1.90 bits per heavy atom. The van der Waals surface area contributed by atoms with Gasteiger partial charge in [0.15, 0.2) is 0 Å². The molecule has 2 aliphatic carbocycles. The van der Waals surface area contributed by atoms with Gasteiger partial charge in [-0.2, -0.15) is 18.4 Å².